The number of rotatable bonds is 9. The molecule has 0 radical (unpaired) electrons. The molecule has 0 unspecified atom stereocenters. The number of carbonyl (C=O) groups is 1. The number of hydrogen-bond acceptors (Lipinski definition) is 7. The molecule has 11 heteroatoms. The van der Waals surface area contributed by atoms with Crippen LogP contribution in [0.2, 0.25) is 0 Å². The second-order valence-electron chi connectivity index (χ2n) is 9.05. The number of fused-ring (bicyclic) bond motifs is 1. The van der Waals surface area contributed by atoms with E-state index < -0.39 is 40.4 Å². The molecule has 2 atom stereocenters. The SMILES string of the molecule is CC(C)c1nc2c(c(-c3ccc(F)cc3)c1C=C[C@@H](O)C[C@@H](O)CC(=O)O)COCCN2S(C)(=O)=O. The fraction of sp³-hybridized carbons (Fsp3) is 0.440. The molecule has 9 nitrogen and oxygen atoms in total. The number of benzene rings is 1. The smallest absolute Gasteiger partial charge is 0.305 e. The molecule has 3 rings (SSSR count). The van der Waals surface area contributed by atoms with Crippen LogP contribution < -0.4 is 4.31 Å². The number of carboxylic acids is 1. The van der Waals surface area contributed by atoms with Crippen LogP contribution in [0.5, 0.6) is 0 Å². The number of nitrogens with zero attached hydrogens (tertiary/aromatic N) is 2. The highest BCUT2D eigenvalue weighted by molar-refractivity contribution is 7.92. The number of sulfonamides is 1. The molecule has 1 aliphatic rings. The number of ether oxygens (including phenoxy) is 1. The van der Waals surface area contributed by atoms with Crippen molar-refractivity contribution in [2.24, 2.45) is 0 Å². The number of hydrogen-bond donors (Lipinski definition) is 3. The lowest BCUT2D eigenvalue weighted by molar-refractivity contribution is -0.139. The summed E-state index contributed by atoms with van der Waals surface area (Å²) >= 11 is 0. The monoisotopic (exact) mass is 522 g/mol. The number of aliphatic carboxylic acids is 1. The minimum Gasteiger partial charge on any atom is -0.481 e. The molecule has 36 heavy (non-hydrogen) atoms. The van der Waals surface area contributed by atoms with Gasteiger partial charge >= 0.3 is 5.97 Å². The highest BCUT2D eigenvalue weighted by atomic mass is 32.2. The molecule has 0 bridgehead atoms. The third-order valence-electron chi connectivity index (χ3n) is 5.75. The molecular weight excluding hydrogens is 491 g/mol. The van der Waals surface area contributed by atoms with Crippen LogP contribution in [-0.2, 0) is 26.2 Å². The minimum atomic E-state index is -3.68. The van der Waals surface area contributed by atoms with Crippen LogP contribution >= 0.6 is 0 Å². The summed E-state index contributed by atoms with van der Waals surface area (Å²) in [4.78, 5) is 15.6. The number of aliphatic hydroxyl groups is 2. The van der Waals surface area contributed by atoms with E-state index in [4.69, 9.17) is 14.8 Å². The Hall–Kier alpha value is -2.86. The summed E-state index contributed by atoms with van der Waals surface area (Å²) in [5, 5.41) is 29.2. The summed E-state index contributed by atoms with van der Waals surface area (Å²) in [6.07, 6.45) is 1.09. The summed E-state index contributed by atoms with van der Waals surface area (Å²) in [6, 6.07) is 5.76. The van der Waals surface area contributed by atoms with E-state index >= 15 is 0 Å². The fourth-order valence-electron chi connectivity index (χ4n) is 4.14. The number of halogens is 1. The quantitative estimate of drug-likeness (QED) is 0.457. The molecule has 1 aromatic carbocycles. The molecule has 196 valence electrons. The van der Waals surface area contributed by atoms with Gasteiger partial charge in [-0.15, -0.1) is 0 Å². The molecule has 0 saturated heterocycles. The van der Waals surface area contributed by atoms with Gasteiger partial charge in [-0.3, -0.25) is 9.10 Å². The molecule has 0 fully saturated rings. The van der Waals surface area contributed by atoms with Crippen molar-refractivity contribution in [2.75, 3.05) is 23.7 Å². The van der Waals surface area contributed by atoms with E-state index in [0.717, 1.165) is 6.26 Å². The number of aliphatic hydroxyl groups excluding tert-OH is 2. The minimum absolute atomic E-state index is 0.0696. The van der Waals surface area contributed by atoms with Gasteiger partial charge in [0.25, 0.3) is 0 Å². The van der Waals surface area contributed by atoms with E-state index in [9.17, 15) is 27.8 Å². The zero-order chi connectivity index (χ0) is 26.6. The van der Waals surface area contributed by atoms with Crippen molar-refractivity contribution in [3.05, 3.63) is 53.0 Å². The molecule has 0 spiro atoms. The van der Waals surface area contributed by atoms with Crippen molar-refractivity contribution in [3.63, 3.8) is 0 Å². The first-order chi connectivity index (χ1) is 16.9. The summed E-state index contributed by atoms with van der Waals surface area (Å²) in [5.74, 6) is -1.52. The number of pyridine rings is 1. The van der Waals surface area contributed by atoms with Gasteiger partial charge in [-0.2, -0.15) is 0 Å². The van der Waals surface area contributed by atoms with Crippen LogP contribution in [0.1, 0.15) is 49.4 Å². The summed E-state index contributed by atoms with van der Waals surface area (Å²) in [6.45, 7) is 4.11. The van der Waals surface area contributed by atoms with E-state index in [1.165, 1.54) is 22.5 Å². The topological polar surface area (TPSA) is 137 Å². The maximum Gasteiger partial charge on any atom is 0.305 e. The van der Waals surface area contributed by atoms with E-state index in [1.807, 2.05) is 13.8 Å². The highest BCUT2D eigenvalue weighted by Gasteiger charge is 2.30. The van der Waals surface area contributed by atoms with E-state index in [-0.39, 0.29) is 37.9 Å². The van der Waals surface area contributed by atoms with Crippen LogP contribution in [0.3, 0.4) is 0 Å². The first-order valence-electron chi connectivity index (χ1n) is 11.5. The van der Waals surface area contributed by atoms with Gasteiger partial charge in [0.15, 0.2) is 0 Å². The van der Waals surface area contributed by atoms with Gasteiger partial charge in [0, 0.05) is 17.5 Å². The average molecular weight is 523 g/mol. The van der Waals surface area contributed by atoms with Crippen molar-refractivity contribution >= 4 is 27.9 Å². The van der Waals surface area contributed by atoms with Crippen LogP contribution in [0.4, 0.5) is 10.2 Å². The van der Waals surface area contributed by atoms with Crippen molar-refractivity contribution in [2.45, 2.75) is 51.4 Å². The third kappa shape index (κ3) is 6.67. The zero-order valence-corrected chi connectivity index (χ0v) is 21.2. The summed E-state index contributed by atoms with van der Waals surface area (Å²) in [7, 11) is -3.68. The second kappa shape index (κ2) is 11.5. The molecule has 0 saturated carbocycles. The van der Waals surface area contributed by atoms with Crippen LogP contribution in [-0.4, -0.2) is 66.3 Å². The second-order valence-corrected chi connectivity index (χ2v) is 11.0. The standard InChI is InChI=1S/C25H31FN2O7S/c1-15(2)24-20(9-8-18(29)12-19(30)13-22(31)32)23(16-4-6-17(26)7-5-16)21-14-35-11-10-28(25(21)27-24)36(3,33)34/h4-9,15,18-19,29-30H,10-14H2,1-3H3,(H,31,32)/t18-,19-/m1/s1. The molecule has 3 N–H and O–H groups in total. The van der Waals surface area contributed by atoms with Crippen molar-refractivity contribution in [1.82, 2.24) is 4.98 Å². The van der Waals surface area contributed by atoms with Gasteiger partial charge in [0.05, 0.1) is 50.3 Å². The van der Waals surface area contributed by atoms with Gasteiger partial charge in [-0.1, -0.05) is 38.1 Å². The van der Waals surface area contributed by atoms with Crippen LogP contribution in [0.25, 0.3) is 17.2 Å². The average Bonchev–Trinajstić information content (AvgIpc) is 2.99. The molecule has 0 amide bonds. The predicted molar refractivity (Wildman–Crippen MR) is 133 cm³/mol. The van der Waals surface area contributed by atoms with E-state index in [1.54, 1.807) is 18.2 Å². The van der Waals surface area contributed by atoms with Crippen molar-refractivity contribution < 1.29 is 37.7 Å². The Morgan fingerprint density at radius 3 is 2.50 bits per heavy atom. The molecular formula is C25H31FN2O7S. The normalized spacial score (nSPS) is 16.1. The van der Waals surface area contributed by atoms with Crippen molar-refractivity contribution in [1.29, 1.82) is 0 Å². The highest BCUT2D eigenvalue weighted by Crippen LogP contribution is 2.40. The molecule has 2 aromatic rings. The maximum absolute atomic E-state index is 13.8. The molecule has 1 aromatic heterocycles. The largest absolute Gasteiger partial charge is 0.481 e. The van der Waals surface area contributed by atoms with Gasteiger partial charge in [-0.25, -0.2) is 17.8 Å². The molecule has 2 heterocycles. The first-order valence-corrected chi connectivity index (χ1v) is 13.4. The predicted octanol–water partition coefficient (Wildman–Crippen LogP) is 2.91. The summed E-state index contributed by atoms with van der Waals surface area (Å²) in [5.41, 5.74) is 2.85. The van der Waals surface area contributed by atoms with Crippen LogP contribution in [0, 0.1) is 5.82 Å². The Labute approximate surface area is 209 Å². The third-order valence-corrected chi connectivity index (χ3v) is 6.91. The lowest BCUT2D eigenvalue weighted by Crippen LogP contribution is -2.33. The fourth-order valence-corrected chi connectivity index (χ4v) is 5.01. The zero-order valence-electron chi connectivity index (χ0n) is 20.4. The molecule has 1 aliphatic heterocycles. The Bertz CT molecular complexity index is 1230. The lowest BCUT2D eigenvalue weighted by atomic mass is 9.90. The van der Waals surface area contributed by atoms with Crippen LogP contribution in [0.15, 0.2) is 30.3 Å². The van der Waals surface area contributed by atoms with E-state index in [0.29, 0.717) is 27.9 Å². The Kier molecular flexibility index (Phi) is 8.83. The maximum atomic E-state index is 13.8. The van der Waals surface area contributed by atoms with E-state index in [2.05, 4.69) is 0 Å². The Balaban J connectivity index is 2.23. The lowest BCUT2D eigenvalue weighted by Gasteiger charge is -2.26. The number of anilines is 1. The van der Waals surface area contributed by atoms with Gasteiger partial charge in [-0.05, 0) is 29.2 Å². The number of carboxylic acid groups (broad SMARTS) is 1. The number of aromatic nitrogens is 1. The van der Waals surface area contributed by atoms with Crippen molar-refractivity contribution in [3.8, 4) is 11.1 Å². The summed E-state index contributed by atoms with van der Waals surface area (Å²) < 4.78 is 45.9. The Morgan fingerprint density at radius 2 is 1.92 bits per heavy atom. The Morgan fingerprint density at radius 1 is 1.25 bits per heavy atom. The van der Waals surface area contributed by atoms with Gasteiger partial charge in [0.1, 0.15) is 11.6 Å². The molecule has 0 aliphatic carbocycles. The first kappa shape index (κ1) is 27.7. The van der Waals surface area contributed by atoms with Gasteiger partial charge < -0.3 is 20.1 Å². The van der Waals surface area contributed by atoms with Gasteiger partial charge in [0.2, 0.25) is 10.0 Å².